The number of amides is 1. The standard InChI is InChI=1S/C14H20N2O3S/c1-3-10-8-20-12(15-10)7-13(17)16-6-4-5-11(9(16)2)14(18)19/h8-9,11H,3-7H2,1-2H3,(H,18,19)/t9-,11-/m0/s1. The highest BCUT2D eigenvalue weighted by atomic mass is 32.1. The van der Waals surface area contributed by atoms with E-state index in [0.29, 0.717) is 13.0 Å². The van der Waals surface area contributed by atoms with Crippen LogP contribution in [0.2, 0.25) is 0 Å². The Balaban J connectivity index is 2.02. The quantitative estimate of drug-likeness (QED) is 0.922. The lowest BCUT2D eigenvalue weighted by atomic mass is 9.90. The second-order valence-electron chi connectivity index (χ2n) is 5.18. The first-order valence-electron chi connectivity index (χ1n) is 6.98. The van der Waals surface area contributed by atoms with E-state index in [4.69, 9.17) is 0 Å². The van der Waals surface area contributed by atoms with Crippen LogP contribution in [-0.4, -0.2) is 39.5 Å². The molecule has 0 unspecified atom stereocenters. The number of carboxylic acids is 1. The minimum absolute atomic E-state index is 0.0135. The number of likely N-dealkylation sites (tertiary alicyclic amines) is 1. The third kappa shape index (κ3) is 3.17. The summed E-state index contributed by atoms with van der Waals surface area (Å²) in [6.45, 7) is 4.51. The number of hydrogen-bond donors (Lipinski definition) is 1. The smallest absolute Gasteiger partial charge is 0.308 e. The Bertz CT molecular complexity index is 500. The molecule has 6 heteroatoms. The minimum Gasteiger partial charge on any atom is -0.481 e. The van der Waals surface area contributed by atoms with Gasteiger partial charge in [0.2, 0.25) is 5.91 Å². The van der Waals surface area contributed by atoms with Crippen molar-refractivity contribution >= 4 is 23.2 Å². The second kappa shape index (κ2) is 6.35. The van der Waals surface area contributed by atoms with Gasteiger partial charge in [0.25, 0.3) is 0 Å². The molecule has 0 aromatic carbocycles. The normalized spacial score (nSPS) is 22.8. The first-order valence-corrected chi connectivity index (χ1v) is 7.86. The van der Waals surface area contributed by atoms with Gasteiger partial charge in [0.05, 0.1) is 18.0 Å². The van der Waals surface area contributed by atoms with Crippen LogP contribution < -0.4 is 0 Å². The average molecular weight is 296 g/mol. The Morgan fingerprint density at radius 1 is 1.55 bits per heavy atom. The Morgan fingerprint density at radius 3 is 2.90 bits per heavy atom. The summed E-state index contributed by atoms with van der Waals surface area (Å²) in [7, 11) is 0. The summed E-state index contributed by atoms with van der Waals surface area (Å²) in [6.07, 6.45) is 2.55. The summed E-state index contributed by atoms with van der Waals surface area (Å²) in [5, 5.41) is 12.0. The van der Waals surface area contributed by atoms with Gasteiger partial charge in [0, 0.05) is 18.0 Å². The molecule has 20 heavy (non-hydrogen) atoms. The molecule has 0 saturated carbocycles. The van der Waals surface area contributed by atoms with Gasteiger partial charge in [-0.3, -0.25) is 9.59 Å². The van der Waals surface area contributed by atoms with Crippen molar-refractivity contribution in [2.75, 3.05) is 6.54 Å². The molecule has 0 aliphatic carbocycles. The molecule has 2 heterocycles. The summed E-state index contributed by atoms with van der Waals surface area (Å²) in [5.74, 6) is -1.27. The molecular formula is C14H20N2O3S. The predicted molar refractivity (Wildman–Crippen MR) is 76.7 cm³/mol. The first-order chi connectivity index (χ1) is 9.52. The number of carbonyl (C=O) groups is 2. The predicted octanol–water partition coefficient (Wildman–Crippen LogP) is 1.96. The number of thiazole rings is 1. The molecule has 0 bridgehead atoms. The van der Waals surface area contributed by atoms with Crippen LogP contribution in [0.25, 0.3) is 0 Å². The third-order valence-electron chi connectivity index (χ3n) is 3.89. The van der Waals surface area contributed by atoms with Gasteiger partial charge in [-0.15, -0.1) is 11.3 Å². The van der Waals surface area contributed by atoms with E-state index in [2.05, 4.69) is 4.98 Å². The summed E-state index contributed by atoms with van der Waals surface area (Å²) in [4.78, 5) is 29.6. The Labute approximate surface area is 122 Å². The Hall–Kier alpha value is -1.43. The molecular weight excluding hydrogens is 276 g/mol. The SMILES string of the molecule is CCc1csc(CC(=O)N2CCC[C@H](C(=O)O)[C@@H]2C)n1. The first kappa shape index (κ1) is 15.0. The van der Waals surface area contributed by atoms with Gasteiger partial charge < -0.3 is 10.0 Å². The van der Waals surface area contributed by atoms with Crippen molar-refractivity contribution in [3.8, 4) is 0 Å². The molecule has 1 aromatic rings. The molecule has 5 nitrogen and oxygen atoms in total. The van der Waals surface area contributed by atoms with Crippen LogP contribution in [0, 0.1) is 5.92 Å². The van der Waals surface area contributed by atoms with Crippen LogP contribution in [-0.2, 0) is 22.4 Å². The van der Waals surface area contributed by atoms with E-state index < -0.39 is 11.9 Å². The van der Waals surface area contributed by atoms with E-state index in [9.17, 15) is 14.7 Å². The molecule has 1 N–H and O–H groups in total. The van der Waals surface area contributed by atoms with Gasteiger partial charge in [-0.25, -0.2) is 4.98 Å². The van der Waals surface area contributed by atoms with E-state index >= 15 is 0 Å². The number of aliphatic carboxylic acids is 1. The van der Waals surface area contributed by atoms with Gasteiger partial charge in [-0.05, 0) is 26.2 Å². The van der Waals surface area contributed by atoms with Crippen molar-refractivity contribution in [1.82, 2.24) is 9.88 Å². The molecule has 110 valence electrons. The van der Waals surface area contributed by atoms with E-state index in [0.717, 1.165) is 23.5 Å². The number of carbonyl (C=O) groups excluding carboxylic acids is 1. The number of rotatable bonds is 4. The van der Waals surface area contributed by atoms with Gasteiger partial charge in [-0.2, -0.15) is 0 Å². The second-order valence-corrected chi connectivity index (χ2v) is 6.12. The Morgan fingerprint density at radius 2 is 2.30 bits per heavy atom. The van der Waals surface area contributed by atoms with Crippen molar-refractivity contribution in [3.05, 3.63) is 16.1 Å². The van der Waals surface area contributed by atoms with Crippen LogP contribution in [0.1, 0.15) is 37.4 Å². The lowest BCUT2D eigenvalue weighted by molar-refractivity contribution is -0.148. The molecule has 0 radical (unpaired) electrons. The maximum Gasteiger partial charge on any atom is 0.308 e. The number of hydrogen-bond acceptors (Lipinski definition) is 4. The van der Waals surface area contributed by atoms with E-state index in [-0.39, 0.29) is 18.4 Å². The molecule has 2 rings (SSSR count). The van der Waals surface area contributed by atoms with Crippen molar-refractivity contribution in [1.29, 1.82) is 0 Å². The van der Waals surface area contributed by atoms with Crippen molar-refractivity contribution in [2.45, 2.75) is 45.6 Å². The zero-order chi connectivity index (χ0) is 14.7. The summed E-state index contributed by atoms with van der Waals surface area (Å²) in [6, 6.07) is -0.237. The molecule has 2 atom stereocenters. The largest absolute Gasteiger partial charge is 0.481 e. The fourth-order valence-corrected chi connectivity index (χ4v) is 3.52. The van der Waals surface area contributed by atoms with Crippen LogP contribution >= 0.6 is 11.3 Å². The highest BCUT2D eigenvalue weighted by molar-refractivity contribution is 7.09. The van der Waals surface area contributed by atoms with Crippen molar-refractivity contribution < 1.29 is 14.7 Å². The summed E-state index contributed by atoms with van der Waals surface area (Å²) in [5.41, 5.74) is 1.01. The molecule has 1 aliphatic rings. The molecule has 1 fully saturated rings. The van der Waals surface area contributed by atoms with Crippen molar-refractivity contribution in [3.63, 3.8) is 0 Å². The van der Waals surface area contributed by atoms with E-state index in [1.54, 1.807) is 4.90 Å². The van der Waals surface area contributed by atoms with Crippen LogP contribution in [0.5, 0.6) is 0 Å². The third-order valence-corrected chi connectivity index (χ3v) is 4.79. The molecule has 0 spiro atoms. The lowest BCUT2D eigenvalue weighted by Crippen LogP contribution is -2.49. The number of aryl methyl sites for hydroxylation is 1. The Kier molecular flexibility index (Phi) is 4.75. The van der Waals surface area contributed by atoms with Gasteiger partial charge in [0.15, 0.2) is 0 Å². The monoisotopic (exact) mass is 296 g/mol. The number of aromatic nitrogens is 1. The van der Waals surface area contributed by atoms with E-state index in [1.165, 1.54) is 11.3 Å². The minimum atomic E-state index is -0.808. The molecule has 1 amide bonds. The summed E-state index contributed by atoms with van der Waals surface area (Å²) >= 11 is 1.50. The molecule has 1 aliphatic heterocycles. The zero-order valence-corrected chi connectivity index (χ0v) is 12.7. The van der Waals surface area contributed by atoms with Gasteiger partial charge in [0.1, 0.15) is 5.01 Å². The van der Waals surface area contributed by atoms with Crippen LogP contribution in [0.3, 0.4) is 0 Å². The maximum atomic E-state index is 12.3. The van der Waals surface area contributed by atoms with Crippen molar-refractivity contribution in [2.24, 2.45) is 5.92 Å². The van der Waals surface area contributed by atoms with Gasteiger partial charge in [-0.1, -0.05) is 6.92 Å². The zero-order valence-electron chi connectivity index (χ0n) is 11.8. The maximum absolute atomic E-state index is 12.3. The highest BCUT2D eigenvalue weighted by Gasteiger charge is 2.35. The lowest BCUT2D eigenvalue weighted by Gasteiger charge is -2.37. The highest BCUT2D eigenvalue weighted by Crippen LogP contribution is 2.24. The fraction of sp³-hybridized carbons (Fsp3) is 0.643. The number of nitrogens with zero attached hydrogens (tertiary/aromatic N) is 2. The number of piperidine rings is 1. The average Bonchev–Trinajstić information content (AvgIpc) is 2.86. The molecule has 1 aromatic heterocycles. The topological polar surface area (TPSA) is 70.5 Å². The van der Waals surface area contributed by atoms with Crippen LogP contribution in [0.15, 0.2) is 5.38 Å². The fourth-order valence-electron chi connectivity index (χ4n) is 2.65. The number of carboxylic acid groups (broad SMARTS) is 1. The van der Waals surface area contributed by atoms with Gasteiger partial charge >= 0.3 is 5.97 Å². The van der Waals surface area contributed by atoms with Crippen LogP contribution in [0.4, 0.5) is 0 Å². The summed E-state index contributed by atoms with van der Waals surface area (Å²) < 4.78 is 0. The molecule has 1 saturated heterocycles. The van der Waals surface area contributed by atoms with E-state index in [1.807, 2.05) is 19.2 Å².